The topological polar surface area (TPSA) is 44.8 Å². The normalized spacial score (nSPS) is 25.0. The van der Waals surface area contributed by atoms with Gasteiger partial charge in [0.1, 0.15) is 12.4 Å². The minimum Gasteiger partial charge on any atom is -0.427 e. The first kappa shape index (κ1) is 13.8. The second kappa shape index (κ2) is 5.90. The van der Waals surface area contributed by atoms with Crippen LogP contribution in [0.25, 0.3) is 0 Å². The molecule has 1 aliphatic heterocycles. The minimum absolute atomic E-state index is 0.136. The van der Waals surface area contributed by atoms with Crippen LogP contribution in [0, 0.1) is 0 Å². The quantitative estimate of drug-likeness (QED) is 0.684. The number of halogens is 3. The highest BCUT2D eigenvalue weighted by atomic mass is 19.3. The zero-order valence-electron chi connectivity index (χ0n) is 9.25. The summed E-state index contributed by atoms with van der Waals surface area (Å²) in [6, 6.07) is 0. The van der Waals surface area contributed by atoms with Gasteiger partial charge in [0.15, 0.2) is 6.61 Å². The maximum absolute atomic E-state index is 12.9. The molecule has 0 aromatic carbocycles. The van der Waals surface area contributed by atoms with Crippen molar-refractivity contribution in [3.63, 3.8) is 0 Å². The predicted molar refractivity (Wildman–Crippen MR) is 51.2 cm³/mol. The Kier molecular flexibility index (Phi) is 4.80. The van der Waals surface area contributed by atoms with Gasteiger partial charge in [0.2, 0.25) is 0 Å². The Hall–Kier alpha value is -1.24. The summed E-state index contributed by atoms with van der Waals surface area (Å²) in [5, 5.41) is 0. The van der Waals surface area contributed by atoms with Gasteiger partial charge in [-0.15, -0.1) is 0 Å². The second-order valence-electron chi connectivity index (χ2n) is 3.54. The molecule has 0 aromatic heterocycles. The lowest BCUT2D eigenvalue weighted by molar-refractivity contribution is -0.180. The smallest absolute Gasteiger partial charge is 0.427 e. The largest absolute Gasteiger partial charge is 0.511 e. The number of hydrogen-bond acceptors (Lipinski definition) is 4. The van der Waals surface area contributed by atoms with Crippen molar-refractivity contribution in [2.45, 2.75) is 32.0 Å². The molecule has 1 heterocycles. The molecule has 1 rings (SSSR count). The van der Waals surface area contributed by atoms with Gasteiger partial charge >= 0.3 is 6.16 Å². The van der Waals surface area contributed by atoms with E-state index in [1.165, 1.54) is 0 Å². The van der Waals surface area contributed by atoms with Gasteiger partial charge in [0, 0.05) is 12.5 Å². The van der Waals surface area contributed by atoms with E-state index >= 15 is 0 Å². The lowest BCUT2D eigenvalue weighted by atomic mass is 10.1. The van der Waals surface area contributed by atoms with E-state index in [-0.39, 0.29) is 12.7 Å². The van der Waals surface area contributed by atoms with Crippen molar-refractivity contribution < 1.29 is 32.2 Å². The molecule has 0 N–H and O–H groups in total. The lowest BCUT2D eigenvalue weighted by Crippen LogP contribution is -2.35. The summed E-state index contributed by atoms with van der Waals surface area (Å²) in [4.78, 5) is 10.8. The molecule has 1 aliphatic rings. The van der Waals surface area contributed by atoms with E-state index in [1.54, 1.807) is 0 Å². The Morgan fingerprint density at radius 1 is 1.65 bits per heavy atom. The number of ether oxygens (including phenoxy) is 3. The van der Waals surface area contributed by atoms with Crippen LogP contribution in [0.15, 0.2) is 11.9 Å². The number of carbonyl (C=O) groups excluding carboxylic acids is 1. The molecule has 98 valence electrons. The highest BCUT2D eigenvalue weighted by Gasteiger charge is 2.43. The molecule has 0 radical (unpaired) electrons. The van der Waals surface area contributed by atoms with Crippen LogP contribution < -0.4 is 0 Å². The number of rotatable bonds is 6. The highest BCUT2D eigenvalue weighted by Crippen LogP contribution is 2.27. The number of allylic oxidation sites excluding steroid dienone is 1. The van der Waals surface area contributed by atoms with Crippen molar-refractivity contribution in [1.82, 2.24) is 0 Å². The highest BCUT2D eigenvalue weighted by molar-refractivity contribution is 5.62. The number of cyclic esters (lactones) is 2. The van der Waals surface area contributed by atoms with Crippen LogP contribution >= 0.6 is 0 Å². The Morgan fingerprint density at radius 2 is 2.35 bits per heavy atom. The number of carbonyl (C=O) groups is 1. The maximum atomic E-state index is 12.9. The van der Waals surface area contributed by atoms with E-state index in [0.29, 0.717) is 12.8 Å². The van der Waals surface area contributed by atoms with Gasteiger partial charge in [-0.25, -0.2) is 18.0 Å². The minimum atomic E-state index is -2.89. The van der Waals surface area contributed by atoms with E-state index in [1.807, 2.05) is 6.92 Å². The Balaban J connectivity index is 2.54. The average molecular weight is 254 g/mol. The monoisotopic (exact) mass is 254 g/mol. The van der Waals surface area contributed by atoms with Crippen molar-refractivity contribution in [3.05, 3.63) is 11.9 Å². The van der Waals surface area contributed by atoms with Crippen molar-refractivity contribution in [2.24, 2.45) is 0 Å². The second-order valence-corrected chi connectivity index (χ2v) is 3.54. The molecule has 4 nitrogen and oxygen atoms in total. The van der Waals surface area contributed by atoms with Gasteiger partial charge in [0.05, 0.1) is 0 Å². The SMILES string of the molecule is CCCC1(OCC(F)=CC(F)F)COC(=O)O1. The van der Waals surface area contributed by atoms with Crippen molar-refractivity contribution in [3.8, 4) is 0 Å². The fourth-order valence-corrected chi connectivity index (χ4v) is 1.41. The van der Waals surface area contributed by atoms with E-state index in [0.717, 1.165) is 0 Å². The first-order chi connectivity index (χ1) is 7.97. The molecule has 1 saturated heterocycles. The Bertz CT molecular complexity index is 306. The number of hydrogen-bond donors (Lipinski definition) is 0. The van der Waals surface area contributed by atoms with Crippen LogP contribution in [-0.2, 0) is 14.2 Å². The Labute approximate surface area is 96.3 Å². The molecule has 7 heteroatoms. The summed E-state index contributed by atoms with van der Waals surface area (Å²) in [6.45, 7) is 0.964. The van der Waals surface area contributed by atoms with Gasteiger partial charge in [0.25, 0.3) is 12.2 Å². The molecule has 0 amide bonds. The molecule has 0 bridgehead atoms. The van der Waals surface area contributed by atoms with Crippen LogP contribution in [0.3, 0.4) is 0 Å². The van der Waals surface area contributed by atoms with Gasteiger partial charge in [-0.3, -0.25) is 0 Å². The fourth-order valence-electron chi connectivity index (χ4n) is 1.41. The third kappa shape index (κ3) is 4.26. The molecule has 0 saturated carbocycles. The summed E-state index contributed by atoms with van der Waals surface area (Å²) in [7, 11) is 0. The van der Waals surface area contributed by atoms with Crippen LogP contribution in [0.4, 0.5) is 18.0 Å². The molecule has 0 spiro atoms. The molecule has 17 heavy (non-hydrogen) atoms. The summed E-state index contributed by atoms with van der Waals surface area (Å²) in [5.41, 5.74) is 0. The third-order valence-electron chi connectivity index (χ3n) is 2.09. The third-order valence-corrected chi connectivity index (χ3v) is 2.09. The van der Waals surface area contributed by atoms with Crippen LogP contribution in [-0.4, -0.2) is 31.6 Å². The average Bonchev–Trinajstić information content (AvgIpc) is 2.58. The Morgan fingerprint density at radius 3 is 2.82 bits per heavy atom. The van der Waals surface area contributed by atoms with Crippen molar-refractivity contribution >= 4 is 6.16 Å². The maximum Gasteiger partial charge on any atom is 0.511 e. The molecule has 1 unspecified atom stereocenters. The first-order valence-electron chi connectivity index (χ1n) is 5.11. The molecule has 0 aromatic rings. The van der Waals surface area contributed by atoms with Crippen LogP contribution in [0.2, 0.25) is 0 Å². The van der Waals surface area contributed by atoms with E-state index in [2.05, 4.69) is 4.74 Å². The molecule has 1 atom stereocenters. The van der Waals surface area contributed by atoms with E-state index < -0.39 is 30.8 Å². The molecular formula is C10H13F3O4. The summed E-state index contributed by atoms with van der Waals surface area (Å²) in [5.74, 6) is -2.47. The summed E-state index contributed by atoms with van der Waals surface area (Å²) in [6.07, 6.45) is -2.74. The van der Waals surface area contributed by atoms with Crippen LogP contribution in [0.5, 0.6) is 0 Å². The summed E-state index contributed by atoms with van der Waals surface area (Å²) < 4.78 is 50.9. The zero-order valence-corrected chi connectivity index (χ0v) is 9.25. The van der Waals surface area contributed by atoms with Gasteiger partial charge in [-0.1, -0.05) is 6.92 Å². The van der Waals surface area contributed by atoms with Gasteiger partial charge in [-0.05, 0) is 6.42 Å². The van der Waals surface area contributed by atoms with E-state index in [9.17, 15) is 18.0 Å². The van der Waals surface area contributed by atoms with Gasteiger partial charge < -0.3 is 14.2 Å². The van der Waals surface area contributed by atoms with Crippen molar-refractivity contribution in [2.75, 3.05) is 13.2 Å². The molecule has 0 aliphatic carbocycles. The molecular weight excluding hydrogens is 241 g/mol. The zero-order chi connectivity index (χ0) is 12.9. The van der Waals surface area contributed by atoms with Crippen molar-refractivity contribution in [1.29, 1.82) is 0 Å². The first-order valence-corrected chi connectivity index (χ1v) is 5.11. The molecule has 1 fully saturated rings. The van der Waals surface area contributed by atoms with Gasteiger partial charge in [-0.2, -0.15) is 0 Å². The fraction of sp³-hybridized carbons (Fsp3) is 0.700. The van der Waals surface area contributed by atoms with E-state index in [4.69, 9.17) is 9.47 Å². The van der Waals surface area contributed by atoms with Crippen LogP contribution in [0.1, 0.15) is 19.8 Å². The predicted octanol–water partition coefficient (Wildman–Crippen LogP) is 2.78. The number of alkyl halides is 2. The summed E-state index contributed by atoms with van der Waals surface area (Å²) >= 11 is 0. The standard InChI is InChI=1S/C10H13F3O4/c1-2-3-10(6-15-9(14)17-10)16-5-7(11)4-8(12)13/h4,8H,2-3,5-6H2,1H3. The lowest BCUT2D eigenvalue weighted by Gasteiger charge is -2.24.